The molecule has 8 heteroatoms. The molecule has 1 heterocycles. The summed E-state index contributed by atoms with van der Waals surface area (Å²) in [4.78, 5) is 25.3. The highest BCUT2D eigenvalue weighted by Gasteiger charge is 2.13. The number of hydrogen-bond donors (Lipinski definition) is 0. The Bertz CT molecular complexity index is 1320. The Morgan fingerprint density at radius 3 is 2.47 bits per heavy atom. The van der Waals surface area contributed by atoms with Crippen LogP contribution in [0, 0.1) is 5.82 Å². The summed E-state index contributed by atoms with van der Waals surface area (Å²) in [7, 11) is 0. The van der Waals surface area contributed by atoms with E-state index in [0.717, 1.165) is 14.8 Å². The van der Waals surface area contributed by atoms with Crippen LogP contribution in [0.4, 0.5) is 4.39 Å². The van der Waals surface area contributed by atoms with Crippen LogP contribution in [-0.4, -0.2) is 14.3 Å². The van der Waals surface area contributed by atoms with Crippen LogP contribution in [0.5, 0.6) is 0 Å². The molecular formula is C22H17BrFN3O3. The highest BCUT2D eigenvalue weighted by molar-refractivity contribution is 9.10. The average molecular weight is 470 g/mol. The maximum absolute atomic E-state index is 14.1. The van der Waals surface area contributed by atoms with E-state index in [1.807, 2.05) is 30.3 Å². The summed E-state index contributed by atoms with van der Waals surface area (Å²) in [5, 5.41) is 5.20. The van der Waals surface area contributed by atoms with Crippen LogP contribution in [0.25, 0.3) is 10.8 Å². The monoisotopic (exact) mass is 469 g/mol. The van der Waals surface area contributed by atoms with Gasteiger partial charge in [0.05, 0.1) is 13.2 Å². The van der Waals surface area contributed by atoms with Gasteiger partial charge < -0.3 is 4.74 Å². The Balaban J connectivity index is 1.64. The van der Waals surface area contributed by atoms with E-state index >= 15 is 0 Å². The second kappa shape index (κ2) is 8.73. The molecule has 0 fully saturated rings. The summed E-state index contributed by atoms with van der Waals surface area (Å²) in [6, 6.07) is 19.4. The van der Waals surface area contributed by atoms with Crippen LogP contribution in [0.1, 0.15) is 11.1 Å². The summed E-state index contributed by atoms with van der Waals surface area (Å²) in [6.07, 6.45) is 0. The van der Waals surface area contributed by atoms with Gasteiger partial charge in [0.15, 0.2) is 4.60 Å². The molecule has 30 heavy (non-hydrogen) atoms. The lowest BCUT2D eigenvalue weighted by molar-refractivity contribution is 0.0569. The number of halogens is 2. The maximum atomic E-state index is 14.1. The van der Waals surface area contributed by atoms with Crippen molar-refractivity contribution in [2.24, 2.45) is 0 Å². The quantitative estimate of drug-likeness (QED) is 0.431. The normalized spacial score (nSPS) is 11.1. The number of rotatable bonds is 6. The standard InChI is InChI=1S/C22H17BrFN3O3/c23-20-21(28)26(14-30-13-15-6-2-1-3-7-15)22(29)27(25-20)12-16-8-4-10-18-17(16)9-5-11-19(18)24/h1-11H,12-14H2. The molecule has 152 valence electrons. The molecule has 0 N–H and O–H groups in total. The van der Waals surface area contributed by atoms with Gasteiger partial charge in [-0.3, -0.25) is 4.79 Å². The predicted octanol–water partition coefficient (Wildman–Crippen LogP) is 3.68. The Morgan fingerprint density at radius 2 is 1.67 bits per heavy atom. The number of nitrogens with zero attached hydrogens (tertiary/aromatic N) is 3. The molecule has 0 unspecified atom stereocenters. The minimum atomic E-state index is -0.607. The third-order valence-electron chi connectivity index (χ3n) is 4.69. The van der Waals surface area contributed by atoms with E-state index < -0.39 is 11.2 Å². The molecular weight excluding hydrogens is 453 g/mol. The number of fused-ring (bicyclic) bond motifs is 1. The molecule has 6 nitrogen and oxygen atoms in total. The highest BCUT2D eigenvalue weighted by Crippen LogP contribution is 2.21. The summed E-state index contributed by atoms with van der Waals surface area (Å²) < 4.78 is 21.8. The lowest BCUT2D eigenvalue weighted by atomic mass is 10.0. The Morgan fingerprint density at radius 1 is 0.933 bits per heavy atom. The fraction of sp³-hybridized carbons (Fsp3) is 0.136. The van der Waals surface area contributed by atoms with Crippen LogP contribution >= 0.6 is 15.9 Å². The zero-order valence-corrected chi connectivity index (χ0v) is 17.4. The van der Waals surface area contributed by atoms with Crippen molar-refractivity contribution in [3.8, 4) is 0 Å². The zero-order chi connectivity index (χ0) is 21.1. The summed E-state index contributed by atoms with van der Waals surface area (Å²) in [6.45, 7) is 0.129. The maximum Gasteiger partial charge on any atom is 0.349 e. The SMILES string of the molecule is O=c1c(Br)nn(Cc2cccc3c(F)cccc23)c(=O)n1COCc1ccccc1. The van der Waals surface area contributed by atoms with Crippen molar-refractivity contribution in [3.63, 3.8) is 0 Å². The molecule has 0 amide bonds. The molecule has 0 aliphatic rings. The smallest absolute Gasteiger partial charge is 0.349 e. The van der Waals surface area contributed by atoms with Crippen molar-refractivity contribution in [3.05, 3.63) is 109 Å². The van der Waals surface area contributed by atoms with E-state index in [-0.39, 0.29) is 30.3 Å². The summed E-state index contributed by atoms with van der Waals surface area (Å²) in [5.74, 6) is -0.338. The Labute approximate surface area is 179 Å². The van der Waals surface area contributed by atoms with Crippen LogP contribution in [-0.2, 0) is 24.6 Å². The van der Waals surface area contributed by atoms with E-state index in [1.165, 1.54) is 6.07 Å². The van der Waals surface area contributed by atoms with Crippen LogP contribution in [0.2, 0.25) is 0 Å². The van der Waals surface area contributed by atoms with Crippen molar-refractivity contribution < 1.29 is 9.13 Å². The largest absolute Gasteiger partial charge is 0.356 e. The fourth-order valence-corrected chi connectivity index (χ4v) is 3.62. The van der Waals surface area contributed by atoms with E-state index in [9.17, 15) is 14.0 Å². The molecule has 0 spiro atoms. The lowest BCUT2D eigenvalue weighted by Gasteiger charge is -2.12. The molecule has 1 aromatic heterocycles. The van der Waals surface area contributed by atoms with Gasteiger partial charge in [0.1, 0.15) is 12.5 Å². The zero-order valence-electron chi connectivity index (χ0n) is 15.8. The topological polar surface area (TPSA) is 66.1 Å². The second-order valence-electron chi connectivity index (χ2n) is 6.68. The fourth-order valence-electron chi connectivity index (χ4n) is 3.21. The molecule has 4 rings (SSSR count). The van der Waals surface area contributed by atoms with Gasteiger partial charge in [0, 0.05) is 5.39 Å². The average Bonchev–Trinajstić information content (AvgIpc) is 2.76. The van der Waals surface area contributed by atoms with Crippen LogP contribution in [0.15, 0.2) is 80.9 Å². The van der Waals surface area contributed by atoms with Gasteiger partial charge in [-0.15, -0.1) is 0 Å². The number of benzene rings is 3. The van der Waals surface area contributed by atoms with Gasteiger partial charge in [-0.25, -0.2) is 18.4 Å². The number of ether oxygens (including phenoxy) is 1. The minimum Gasteiger partial charge on any atom is -0.356 e. The first-order valence-electron chi connectivity index (χ1n) is 9.20. The van der Waals surface area contributed by atoms with E-state index in [1.54, 1.807) is 30.3 Å². The van der Waals surface area contributed by atoms with Crippen molar-refractivity contribution >= 4 is 26.7 Å². The summed E-state index contributed by atoms with van der Waals surface area (Å²) >= 11 is 3.12. The number of aromatic nitrogens is 3. The lowest BCUT2D eigenvalue weighted by Crippen LogP contribution is -2.42. The van der Waals surface area contributed by atoms with E-state index in [0.29, 0.717) is 16.3 Å². The van der Waals surface area contributed by atoms with Crippen molar-refractivity contribution in [1.82, 2.24) is 14.3 Å². The van der Waals surface area contributed by atoms with Crippen molar-refractivity contribution in [1.29, 1.82) is 0 Å². The molecule has 0 saturated carbocycles. The van der Waals surface area contributed by atoms with Gasteiger partial charge in [-0.2, -0.15) is 5.10 Å². The van der Waals surface area contributed by atoms with Gasteiger partial charge in [0.25, 0.3) is 5.56 Å². The molecule has 3 aromatic carbocycles. The molecule has 4 aromatic rings. The molecule has 0 aliphatic carbocycles. The Kier molecular flexibility index (Phi) is 5.87. The third kappa shape index (κ3) is 4.10. The highest BCUT2D eigenvalue weighted by atomic mass is 79.9. The first-order valence-corrected chi connectivity index (χ1v) is 9.99. The molecule has 0 aliphatic heterocycles. The predicted molar refractivity (Wildman–Crippen MR) is 115 cm³/mol. The molecule has 0 radical (unpaired) electrons. The molecule has 0 saturated heterocycles. The van der Waals surface area contributed by atoms with Gasteiger partial charge >= 0.3 is 5.69 Å². The first kappa shape index (κ1) is 20.2. The Hall–Kier alpha value is -3.10. The van der Waals surface area contributed by atoms with Gasteiger partial charge in [-0.1, -0.05) is 60.7 Å². The molecule has 0 bridgehead atoms. The van der Waals surface area contributed by atoms with Gasteiger partial charge in [0.2, 0.25) is 0 Å². The number of hydrogen-bond acceptors (Lipinski definition) is 4. The van der Waals surface area contributed by atoms with Crippen LogP contribution in [0.3, 0.4) is 0 Å². The third-order valence-corrected chi connectivity index (χ3v) is 5.19. The second-order valence-corrected chi connectivity index (χ2v) is 7.43. The van der Waals surface area contributed by atoms with E-state index in [2.05, 4.69) is 21.0 Å². The van der Waals surface area contributed by atoms with Crippen molar-refractivity contribution in [2.45, 2.75) is 19.9 Å². The first-order chi connectivity index (χ1) is 14.5. The van der Waals surface area contributed by atoms with Crippen molar-refractivity contribution in [2.75, 3.05) is 0 Å². The van der Waals surface area contributed by atoms with E-state index in [4.69, 9.17) is 4.74 Å². The summed E-state index contributed by atoms with van der Waals surface area (Å²) in [5.41, 5.74) is 0.457. The van der Waals surface area contributed by atoms with Crippen LogP contribution < -0.4 is 11.2 Å². The minimum absolute atomic E-state index is 0.00294. The van der Waals surface area contributed by atoms with Gasteiger partial charge in [-0.05, 0) is 38.5 Å². The molecule has 0 atom stereocenters.